The Kier molecular flexibility index (Phi) is 4.58. The highest BCUT2D eigenvalue weighted by Gasteiger charge is 2.07. The van der Waals surface area contributed by atoms with E-state index in [9.17, 15) is 0 Å². The minimum atomic E-state index is 0.462. The second kappa shape index (κ2) is 6.61. The Morgan fingerprint density at radius 2 is 1.84 bits per heavy atom. The molecule has 0 aliphatic rings. The molecular formula is C14H14N4S. The lowest BCUT2D eigenvalue weighted by Gasteiger charge is -2.07. The van der Waals surface area contributed by atoms with Gasteiger partial charge in [0, 0.05) is 18.8 Å². The van der Waals surface area contributed by atoms with Crippen LogP contribution in [0.3, 0.4) is 0 Å². The Morgan fingerprint density at radius 3 is 2.47 bits per heavy atom. The van der Waals surface area contributed by atoms with E-state index in [1.165, 1.54) is 0 Å². The Bertz CT molecular complexity index is 525. The first-order chi connectivity index (χ1) is 9.31. The summed E-state index contributed by atoms with van der Waals surface area (Å²) in [7, 11) is 1.74. The molecule has 19 heavy (non-hydrogen) atoms. The molecule has 2 aromatic rings. The van der Waals surface area contributed by atoms with Crippen LogP contribution in [0, 0.1) is 0 Å². The van der Waals surface area contributed by atoms with E-state index in [0.29, 0.717) is 5.11 Å². The highest BCUT2D eigenvalue weighted by Crippen LogP contribution is 2.07. The molecule has 4 nitrogen and oxygen atoms in total. The molecule has 0 atom stereocenters. The minimum absolute atomic E-state index is 0.462. The molecule has 0 amide bonds. The Hall–Kier alpha value is -2.27. The van der Waals surface area contributed by atoms with Gasteiger partial charge in [-0.05, 0) is 24.4 Å². The summed E-state index contributed by atoms with van der Waals surface area (Å²) in [6.45, 7) is 0. The first-order valence-electron chi connectivity index (χ1n) is 5.83. The molecule has 1 heterocycles. The number of thiocarbonyl (C=S) groups is 1. The number of benzene rings is 1. The summed E-state index contributed by atoms with van der Waals surface area (Å²) in [6, 6.07) is 15.6. The van der Waals surface area contributed by atoms with Crippen molar-refractivity contribution in [3.8, 4) is 0 Å². The zero-order chi connectivity index (χ0) is 13.5. The largest absolute Gasteiger partial charge is 0.364 e. The normalized spacial score (nSPS) is 10.9. The molecular weight excluding hydrogens is 256 g/mol. The predicted molar refractivity (Wildman–Crippen MR) is 81.1 cm³/mol. The third kappa shape index (κ3) is 3.59. The van der Waals surface area contributed by atoms with Gasteiger partial charge in [-0.3, -0.25) is 10.4 Å². The van der Waals surface area contributed by atoms with E-state index in [2.05, 4.69) is 20.8 Å². The molecule has 2 N–H and O–H groups in total. The van der Waals surface area contributed by atoms with Crippen molar-refractivity contribution in [2.75, 3.05) is 7.05 Å². The van der Waals surface area contributed by atoms with Crippen LogP contribution in [0.15, 0.2) is 59.8 Å². The maximum atomic E-state index is 5.02. The fourth-order valence-corrected chi connectivity index (χ4v) is 1.58. The summed E-state index contributed by atoms with van der Waals surface area (Å²) in [5.74, 6) is 0. The van der Waals surface area contributed by atoms with E-state index in [1.807, 2.05) is 48.5 Å². The average molecular weight is 270 g/mol. The summed E-state index contributed by atoms with van der Waals surface area (Å²) >= 11 is 5.02. The summed E-state index contributed by atoms with van der Waals surface area (Å²) in [5, 5.41) is 7.61. The van der Waals surface area contributed by atoms with Gasteiger partial charge >= 0.3 is 0 Å². The summed E-state index contributed by atoms with van der Waals surface area (Å²) < 4.78 is 0. The zero-order valence-electron chi connectivity index (χ0n) is 10.5. The molecule has 0 aliphatic carbocycles. The second-order valence-corrected chi connectivity index (χ2v) is 4.14. The Morgan fingerprint density at radius 1 is 1.11 bits per heavy atom. The van der Waals surface area contributed by atoms with Crippen molar-refractivity contribution in [2.24, 2.45) is 5.10 Å². The maximum Gasteiger partial charge on any atom is 0.186 e. The van der Waals surface area contributed by atoms with Crippen LogP contribution in [0.4, 0.5) is 0 Å². The summed E-state index contributed by atoms with van der Waals surface area (Å²) in [4.78, 5) is 4.32. The lowest BCUT2D eigenvalue weighted by Crippen LogP contribution is -2.29. The molecule has 2 rings (SSSR count). The number of nitrogens with zero attached hydrogens (tertiary/aromatic N) is 2. The van der Waals surface area contributed by atoms with Gasteiger partial charge in [0.1, 0.15) is 5.71 Å². The van der Waals surface area contributed by atoms with Crippen LogP contribution < -0.4 is 10.7 Å². The molecule has 96 valence electrons. The molecule has 0 saturated carbocycles. The maximum absolute atomic E-state index is 5.02. The van der Waals surface area contributed by atoms with Crippen molar-refractivity contribution in [3.05, 3.63) is 66.0 Å². The minimum Gasteiger partial charge on any atom is -0.364 e. The molecule has 0 spiro atoms. The van der Waals surface area contributed by atoms with Crippen LogP contribution in [-0.2, 0) is 0 Å². The van der Waals surface area contributed by atoms with E-state index in [4.69, 9.17) is 12.2 Å². The first kappa shape index (κ1) is 13.2. The van der Waals surface area contributed by atoms with Crippen molar-refractivity contribution in [3.63, 3.8) is 0 Å². The van der Waals surface area contributed by atoms with Gasteiger partial charge in [0.05, 0.1) is 5.69 Å². The Balaban J connectivity index is 2.37. The first-order valence-corrected chi connectivity index (χ1v) is 6.24. The fourth-order valence-electron chi connectivity index (χ4n) is 1.53. The van der Waals surface area contributed by atoms with Gasteiger partial charge < -0.3 is 5.32 Å². The third-order valence-electron chi connectivity index (χ3n) is 2.45. The van der Waals surface area contributed by atoms with E-state index >= 15 is 0 Å². The number of pyridine rings is 1. The SMILES string of the molecule is CNC(=S)N/N=C(\c1ccccc1)c1ccccn1. The smallest absolute Gasteiger partial charge is 0.186 e. The van der Waals surface area contributed by atoms with Crippen molar-refractivity contribution >= 4 is 23.0 Å². The molecule has 1 aromatic carbocycles. The summed E-state index contributed by atoms with van der Waals surface area (Å²) in [5.41, 5.74) is 5.32. The fraction of sp³-hybridized carbons (Fsp3) is 0.0714. The number of aromatic nitrogens is 1. The molecule has 5 heteroatoms. The molecule has 0 saturated heterocycles. The Labute approximate surface area is 117 Å². The number of hydrogen-bond donors (Lipinski definition) is 2. The van der Waals surface area contributed by atoms with Crippen LogP contribution in [0.25, 0.3) is 0 Å². The lowest BCUT2D eigenvalue weighted by atomic mass is 10.1. The monoisotopic (exact) mass is 270 g/mol. The van der Waals surface area contributed by atoms with Gasteiger partial charge in [-0.15, -0.1) is 0 Å². The van der Waals surface area contributed by atoms with Crippen LogP contribution in [0.1, 0.15) is 11.3 Å². The molecule has 0 radical (unpaired) electrons. The lowest BCUT2D eigenvalue weighted by molar-refractivity contribution is 0.973. The van der Waals surface area contributed by atoms with E-state index < -0.39 is 0 Å². The molecule has 0 aliphatic heterocycles. The molecule has 0 bridgehead atoms. The van der Waals surface area contributed by atoms with Crippen molar-refractivity contribution in [1.29, 1.82) is 0 Å². The zero-order valence-corrected chi connectivity index (χ0v) is 11.3. The standard InChI is InChI=1S/C14H14N4S/c1-15-14(19)18-17-13(11-7-3-2-4-8-11)12-9-5-6-10-16-12/h2-10H,1H3,(H2,15,18,19)/b17-13+. The number of hydrazone groups is 1. The average Bonchev–Trinajstić information content (AvgIpc) is 2.49. The predicted octanol–water partition coefficient (Wildman–Crippen LogP) is 1.93. The highest BCUT2D eigenvalue weighted by atomic mass is 32.1. The quantitative estimate of drug-likeness (QED) is 0.508. The number of hydrogen-bond acceptors (Lipinski definition) is 3. The van der Waals surface area contributed by atoms with Gasteiger partial charge in [-0.1, -0.05) is 36.4 Å². The van der Waals surface area contributed by atoms with Crippen LogP contribution >= 0.6 is 12.2 Å². The van der Waals surface area contributed by atoms with Gasteiger partial charge in [-0.2, -0.15) is 5.10 Å². The van der Waals surface area contributed by atoms with Crippen LogP contribution in [0.2, 0.25) is 0 Å². The van der Waals surface area contributed by atoms with Crippen LogP contribution in [-0.4, -0.2) is 22.9 Å². The topological polar surface area (TPSA) is 49.3 Å². The number of nitrogens with one attached hydrogen (secondary N) is 2. The van der Waals surface area contributed by atoms with E-state index in [0.717, 1.165) is 17.0 Å². The summed E-state index contributed by atoms with van der Waals surface area (Å²) in [6.07, 6.45) is 1.74. The van der Waals surface area contributed by atoms with Gasteiger partial charge in [0.15, 0.2) is 5.11 Å². The molecule has 0 unspecified atom stereocenters. The molecule has 1 aromatic heterocycles. The van der Waals surface area contributed by atoms with Gasteiger partial charge in [-0.25, -0.2) is 0 Å². The number of rotatable bonds is 3. The van der Waals surface area contributed by atoms with Crippen molar-refractivity contribution in [2.45, 2.75) is 0 Å². The van der Waals surface area contributed by atoms with Crippen LogP contribution in [0.5, 0.6) is 0 Å². The highest BCUT2D eigenvalue weighted by molar-refractivity contribution is 7.80. The van der Waals surface area contributed by atoms with Crippen molar-refractivity contribution in [1.82, 2.24) is 15.7 Å². The molecule has 0 fully saturated rings. The van der Waals surface area contributed by atoms with Crippen molar-refractivity contribution < 1.29 is 0 Å². The van der Waals surface area contributed by atoms with Gasteiger partial charge in [0.25, 0.3) is 0 Å². The van der Waals surface area contributed by atoms with Gasteiger partial charge in [0.2, 0.25) is 0 Å². The van der Waals surface area contributed by atoms with E-state index in [1.54, 1.807) is 13.2 Å². The third-order valence-corrected chi connectivity index (χ3v) is 2.75. The second-order valence-electron chi connectivity index (χ2n) is 3.73. The van der Waals surface area contributed by atoms with E-state index in [-0.39, 0.29) is 0 Å².